The zero-order chi connectivity index (χ0) is 14.9. The quantitative estimate of drug-likeness (QED) is 0.680. The van der Waals surface area contributed by atoms with Crippen LogP contribution in [0.2, 0.25) is 0 Å². The van der Waals surface area contributed by atoms with Crippen LogP contribution in [0.25, 0.3) is 0 Å². The van der Waals surface area contributed by atoms with Crippen molar-refractivity contribution in [1.82, 2.24) is 4.90 Å². The maximum atomic E-state index is 12.8. The lowest BCUT2D eigenvalue weighted by molar-refractivity contribution is -0.132. The number of nitrogens with zero attached hydrogens (tertiary/aromatic N) is 1. The number of carbonyl (C=O) groups is 1. The van der Waals surface area contributed by atoms with Crippen molar-refractivity contribution >= 4 is 39.9 Å². The van der Waals surface area contributed by atoms with Crippen molar-refractivity contribution in [2.75, 3.05) is 6.54 Å². The van der Waals surface area contributed by atoms with E-state index in [-0.39, 0.29) is 11.9 Å². The molecule has 5 heteroatoms. The molecule has 0 saturated heterocycles. The molecule has 3 aromatic heterocycles. The van der Waals surface area contributed by atoms with Gasteiger partial charge in [0.2, 0.25) is 5.91 Å². The van der Waals surface area contributed by atoms with Crippen molar-refractivity contribution in [2.24, 2.45) is 0 Å². The van der Waals surface area contributed by atoms with Crippen LogP contribution in [-0.4, -0.2) is 17.4 Å². The second-order valence-corrected chi connectivity index (χ2v) is 8.32. The molecule has 0 N–H and O–H groups in total. The molecule has 3 aromatic rings. The van der Waals surface area contributed by atoms with Gasteiger partial charge in [0.25, 0.3) is 0 Å². The first-order valence-electron chi connectivity index (χ1n) is 7.24. The summed E-state index contributed by atoms with van der Waals surface area (Å²) in [4.78, 5) is 18.7. The average Bonchev–Trinajstić information content (AvgIpc) is 3.27. The first-order chi connectivity index (χ1) is 10.8. The van der Waals surface area contributed by atoms with E-state index in [0.717, 1.165) is 17.8 Å². The van der Waals surface area contributed by atoms with Crippen LogP contribution in [0.1, 0.15) is 26.2 Å². The van der Waals surface area contributed by atoms with Crippen molar-refractivity contribution in [3.05, 3.63) is 66.7 Å². The van der Waals surface area contributed by atoms with E-state index in [1.54, 1.807) is 22.7 Å². The van der Waals surface area contributed by atoms with Crippen LogP contribution in [0.3, 0.4) is 0 Å². The smallest absolute Gasteiger partial charge is 0.228 e. The van der Waals surface area contributed by atoms with Crippen molar-refractivity contribution < 1.29 is 4.79 Å². The molecule has 0 spiro atoms. The first kappa shape index (κ1) is 14.2. The van der Waals surface area contributed by atoms with Gasteiger partial charge in [-0.25, -0.2) is 0 Å². The summed E-state index contributed by atoms with van der Waals surface area (Å²) in [5.41, 5.74) is 1.32. The fourth-order valence-electron chi connectivity index (χ4n) is 3.00. The van der Waals surface area contributed by atoms with E-state index in [1.807, 2.05) is 28.8 Å². The van der Waals surface area contributed by atoms with E-state index in [9.17, 15) is 4.79 Å². The number of carbonyl (C=O) groups excluding carboxylic acids is 1. The Hall–Kier alpha value is -1.43. The molecule has 0 unspecified atom stereocenters. The van der Waals surface area contributed by atoms with E-state index in [4.69, 9.17) is 0 Å². The molecule has 2 nitrogen and oxygen atoms in total. The van der Waals surface area contributed by atoms with E-state index >= 15 is 0 Å². The molecule has 0 saturated carbocycles. The minimum absolute atomic E-state index is 0.0995. The van der Waals surface area contributed by atoms with Gasteiger partial charge in [0.05, 0.1) is 12.5 Å². The minimum Gasteiger partial charge on any atom is -0.330 e. The summed E-state index contributed by atoms with van der Waals surface area (Å²) in [6, 6.07) is 10.6. The number of hydrogen-bond acceptors (Lipinski definition) is 4. The molecular formula is C17H15NOS3. The Kier molecular flexibility index (Phi) is 3.86. The third kappa shape index (κ3) is 2.53. The Labute approximate surface area is 141 Å². The van der Waals surface area contributed by atoms with Crippen LogP contribution in [0.15, 0.2) is 46.5 Å². The third-order valence-corrected chi connectivity index (χ3v) is 6.80. The van der Waals surface area contributed by atoms with Crippen LogP contribution in [0, 0.1) is 0 Å². The van der Waals surface area contributed by atoms with Crippen LogP contribution in [-0.2, 0) is 17.6 Å². The van der Waals surface area contributed by atoms with Crippen molar-refractivity contribution in [2.45, 2.75) is 18.9 Å². The Morgan fingerprint density at radius 2 is 1.95 bits per heavy atom. The van der Waals surface area contributed by atoms with Gasteiger partial charge in [-0.3, -0.25) is 4.79 Å². The summed E-state index contributed by atoms with van der Waals surface area (Å²) >= 11 is 5.21. The van der Waals surface area contributed by atoms with Crippen molar-refractivity contribution in [3.63, 3.8) is 0 Å². The summed E-state index contributed by atoms with van der Waals surface area (Å²) in [6.07, 6.45) is 1.49. The van der Waals surface area contributed by atoms with E-state index in [0.29, 0.717) is 6.42 Å². The fraction of sp³-hybridized carbons (Fsp3) is 0.235. The standard InChI is InChI=1S/C17H15NOS3/c19-16(11-12-3-1-8-20-12)18-7-5-14-13(6-10-22-14)17(18)15-4-2-9-21-15/h1-4,6,8-10,17H,5,7,11H2/t17-/m0/s1. The molecule has 1 aliphatic rings. The highest BCUT2D eigenvalue weighted by Crippen LogP contribution is 2.39. The summed E-state index contributed by atoms with van der Waals surface area (Å²) in [7, 11) is 0. The van der Waals surface area contributed by atoms with Gasteiger partial charge in [-0.15, -0.1) is 34.0 Å². The summed E-state index contributed by atoms with van der Waals surface area (Å²) in [5.74, 6) is 0.234. The van der Waals surface area contributed by atoms with Gasteiger partial charge >= 0.3 is 0 Å². The number of rotatable bonds is 3. The van der Waals surface area contributed by atoms with E-state index < -0.39 is 0 Å². The lowest BCUT2D eigenvalue weighted by Gasteiger charge is -2.35. The molecule has 22 heavy (non-hydrogen) atoms. The summed E-state index contributed by atoms with van der Waals surface area (Å²) < 4.78 is 0. The molecule has 0 bridgehead atoms. The maximum absolute atomic E-state index is 12.8. The summed E-state index contributed by atoms with van der Waals surface area (Å²) in [5, 5.41) is 6.28. The van der Waals surface area contributed by atoms with Crippen molar-refractivity contribution in [1.29, 1.82) is 0 Å². The van der Waals surface area contributed by atoms with Crippen LogP contribution in [0.5, 0.6) is 0 Å². The third-order valence-electron chi connectivity index (χ3n) is 4.00. The number of fused-ring (bicyclic) bond motifs is 1. The first-order valence-corrected chi connectivity index (χ1v) is 9.88. The van der Waals surface area contributed by atoms with Gasteiger partial charge < -0.3 is 4.90 Å². The molecule has 1 amide bonds. The predicted molar refractivity (Wildman–Crippen MR) is 93.9 cm³/mol. The molecule has 0 fully saturated rings. The fourth-order valence-corrected chi connectivity index (χ4v) is 5.46. The largest absolute Gasteiger partial charge is 0.330 e. The number of thiophene rings is 3. The zero-order valence-electron chi connectivity index (χ0n) is 11.9. The lowest BCUT2D eigenvalue weighted by atomic mass is 9.98. The topological polar surface area (TPSA) is 20.3 Å². The SMILES string of the molecule is O=C(Cc1cccs1)N1CCc2sccc2[C@H]1c1cccs1. The van der Waals surface area contributed by atoms with Gasteiger partial charge in [-0.05, 0) is 46.3 Å². The summed E-state index contributed by atoms with van der Waals surface area (Å²) in [6.45, 7) is 0.820. The van der Waals surface area contributed by atoms with E-state index in [1.165, 1.54) is 15.3 Å². The Morgan fingerprint density at radius 3 is 2.73 bits per heavy atom. The molecule has 1 aliphatic heterocycles. The molecule has 0 radical (unpaired) electrons. The van der Waals surface area contributed by atoms with Crippen LogP contribution < -0.4 is 0 Å². The highest BCUT2D eigenvalue weighted by Gasteiger charge is 2.33. The molecular weight excluding hydrogens is 330 g/mol. The Morgan fingerprint density at radius 1 is 1.09 bits per heavy atom. The number of hydrogen-bond donors (Lipinski definition) is 0. The lowest BCUT2D eigenvalue weighted by Crippen LogP contribution is -2.40. The monoisotopic (exact) mass is 345 g/mol. The van der Waals surface area contributed by atoms with Crippen molar-refractivity contribution in [3.8, 4) is 0 Å². The van der Waals surface area contributed by atoms with Gasteiger partial charge in [0, 0.05) is 21.2 Å². The molecule has 112 valence electrons. The Balaban J connectivity index is 1.67. The molecule has 0 aliphatic carbocycles. The normalized spacial score (nSPS) is 17.5. The molecule has 4 heterocycles. The number of amides is 1. The Bertz CT molecular complexity index is 758. The molecule has 4 rings (SSSR count). The van der Waals surface area contributed by atoms with Gasteiger partial charge in [-0.2, -0.15) is 0 Å². The van der Waals surface area contributed by atoms with Gasteiger partial charge in [-0.1, -0.05) is 12.1 Å². The second-order valence-electron chi connectivity index (χ2n) is 5.31. The minimum atomic E-state index is 0.0995. The second kappa shape index (κ2) is 5.99. The van der Waals surface area contributed by atoms with Crippen LogP contribution >= 0.6 is 34.0 Å². The van der Waals surface area contributed by atoms with Crippen LogP contribution in [0.4, 0.5) is 0 Å². The molecule has 0 aromatic carbocycles. The average molecular weight is 346 g/mol. The zero-order valence-corrected chi connectivity index (χ0v) is 14.3. The van der Waals surface area contributed by atoms with Gasteiger partial charge in [0.15, 0.2) is 0 Å². The predicted octanol–water partition coefficient (Wildman–Crippen LogP) is 4.59. The highest BCUT2D eigenvalue weighted by molar-refractivity contribution is 7.11. The van der Waals surface area contributed by atoms with Gasteiger partial charge in [0.1, 0.15) is 0 Å². The maximum Gasteiger partial charge on any atom is 0.228 e. The van der Waals surface area contributed by atoms with E-state index in [2.05, 4.69) is 33.9 Å². The molecule has 1 atom stereocenters. The highest BCUT2D eigenvalue weighted by atomic mass is 32.1.